The Hall–Kier alpha value is -0.980. The molecule has 2 N–H and O–H groups in total. The van der Waals surface area contributed by atoms with Gasteiger partial charge in [-0.15, -0.1) is 0 Å². The highest BCUT2D eigenvalue weighted by molar-refractivity contribution is 9.10. The minimum atomic E-state index is -0.439. The van der Waals surface area contributed by atoms with E-state index >= 15 is 0 Å². The van der Waals surface area contributed by atoms with Crippen molar-refractivity contribution >= 4 is 27.5 Å². The van der Waals surface area contributed by atoms with Crippen LogP contribution in [-0.4, -0.2) is 47.2 Å². The molecule has 1 aromatic heterocycles. The molecule has 1 unspecified atom stereocenters. The van der Waals surface area contributed by atoms with E-state index in [0.29, 0.717) is 24.0 Å². The first-order valence-corrected chi connectivity index (χ1v) is 9.69. The van der Waals surface area contributed by atoms with Crippen LogP contribution in [0.5, 0.6) is 0 Å². The molecule has 2 aliphatic rings. The van der Waals surface area contributed by atoms with E-state index in [4.69, 9.17) is 0 Å². The van der Waals surface area contributed by atoms with Crippen LogP contribution in [0.2, 0.25) is 0 Å². The van der Waals surface area contributed by atoms with Gasteiger partial charge in [-0.2, -0.15) is 0 Å². The average Bonchev–Trinajstić information content (AvgIpc) is 2.57. The number of halogens is 1. The number of aromatic nitrogens is 1. The Bertz CT molecular complexity index is 590. The highest BCUT2D eigenvalue weighted by Gasteiger charge is 2.31. The van der Waals surface area contributed by atoms with Gasteiger partial charge in [-0.1, -0.05) is 19.3 Å². The third kappa shape index (κ3) is 4.16. The number of ketones is 1. The minimum Gasteiger partial charge on any atom is -0.390 e. The molecule has 0 amide bonds. The van der Waals surface area contributed by atoms with Crippen molar-refractivity contribution in [2.45, 2.75) is 63.6 Å². The van der Waals surface area contributed by atoms with E-state index in [1.807, 2.05) is 11.0 Å². The van der Waals surface area contributed by atoms with Gasteiger partial charge in [0, 0.05) is 35.8 Å². The van der Waals surface area contributed by atoms with Crippen LogP contribution in [0.25, 0.3) is 0 Å². The van der Waals surface area contributed by atoms with Gasteiger partial charge in [-0.05, 0) is 48.2 Å². The van der Waals surface area contributed by atoms with E-state index in [1.54, 1.807) is 13.1 Å². The Kier molecular flexibility index (Phi) is 5.89. The number of hydrogen-bond donors (Lipinski definition) is 2. The fourth-order valence-corrected chi connectivity index (χ4v) is 4.16. The topological polar surface area (TPSA) is 65.5 Å². The first-order chi connectivity index (χ1) is 11.5. The van der Waals surface area contributed by atoms with Crippen molar-refractivity contribution in [3.63, 3.8) is 0 Å². The van der Waals surface area contributed by atoms with Crippen LogP contribution in [-0.2, 0) is 0 Å². The maximum absolute atomic E-state index is 11.9. The van der Waals surface area contributed by atoms with Crippen molar-refractivity contribution in [2.75, 3.05) is 18.0 Å². The van der Waals surface area contributed by atoms with Crippen LogP contribution in [0.4, 0.5) is 5.82 Å². The maximum Gasteiger partial charge on any atom is 0.163 e. The van der Waals surface area contributed by atoms with Gasteiger partial charge in [0.15, 0.2) is 5.78 Å². The molecule has 132 valence electrons. The molecular weight excluding hydrogens is 370 g/mol. The monoisotopic (exact) mass is 395 g/mol. The third-order valence-electron chi connectivity index (χ3n) is 5.15. The molecule has 0 bridgehead atoms. The van der Waals surface area contributed by atoms with Gasteiger partial charge in [0.05, 0.1) is 11.7 Å². The number of anilines is 1. The Labute approximate surface area is 152 Å². The number of nitrogens with one attached hydrogen (secondary N) is 1. The highest BCUT2D eigenvalue weighted by atomic mass is 79.9. The second-order valence-corrected chi connectivity index (χ2v) is 7.91. The van der Waals surface area contributed by atoms with Crippen molar-refractivity contribution in [1.29, 1.82) is 0 Å². The summed E-state index contributed by atoms with van der Waals surface area (Å²) < 4.78 is 0.797. The Balaban J connectivity index is 1.66. The summed E-state index contributed by atoms with van der Waals surface area (Å²) in [5.41, 5.74) is 0.607. The standard InChI is InChI=1S/C18H26BrN3O2/c1-12(23)15-9-13(19)10-20-18(15)22-8-7-16(17(24)11-22)21-14-5-3-2-4-6-14/h9-10,14,16-17,21,24H,2-8,11H2,1H3/t16?,17-/m1/s1. The molecule has 1 aromatic rings. The first-order valence-electron chi connectivity index (χ1n) is 8.90. The number of carbonyl (C=O) groups excluding carboxylic acids is 1. The third-order valence-corrected chi connectivity index (χ3v) is 5.58. The predicted octanol–water partition coefficient (Wildman–Crippen LogP) is 2.91. The number of pyridine rings is 1. The molecule has 2 heterocycles. The van der Waals surface area contributed by atoms with Gasteiger partial charge in [-0.25, -0.2) is 4.98 Å². The number of rotatable bonds is 4. The second-order valence-electron chi connectivity index (χ2n) is 6.99. The lowest BCUT2D eigenvalue weighted by atomic mass is 9.92. The molecular formula is C18H26BrN3O2. The van der Waals surface area contributed by atoms with Crippen molar-refractivity contribution in [2.24, 2.45) is 0 Å². The number of β-amino-alcohol motifs (C(OH)–C–C–N with tert-alkyl or cyclic N) is 1. The number of hydrogen-bond acceptors (Lipinski definition) is 5. The molecule has 6 heteroatoms. The summed E-state index contributed by atoms with van der Waals surface area (Å²) in [5.74, 6) is 0.677. The molecule has 1 aliphatic carbocycles. The van der Waals surface area contributed by atoms with E-state index in [1.165, 1.54) is 32.1 Å². The van der Waals surface area contributed by atoms with E-state index in [2.05, 4.69) is 26.2 Å². The van der Waals surface area contributed by atoms with Crippen LogP contribution in [0.1, 0.15) is 55.8 Å². The molecule has 24 heavy (non-hydrogen) atoms. The fourth-order valence-electron chi connectivity index (χ4n) is 3.83. The van der Waals surface area contributed by atoms with Crippen LogP contribution in [0.3, 0.4) is 0 Å². The Morgan fingerprint density at radius 1 is 1.33 bits per heavy atom. The summed E-state index contributed by atoms with van der Waals surface area (Å²) >= 11 is 3.37. The van der Waals surface area contributed by atoms with E-state index in [9.17, 15) is 9.90 Å². The fraction of sp³-hybridized carbons (Fsp3) is 0.667. The van der Waals surface area contributed by atoms with Crippen LogP contribution in [0.15, 0.2) is 16.7 Å². The number of nitrogens with zero attached hydrogens (tertiary/aromatic N) is 2. The summed E-state index contributed by atoms with van der Waals surface area (Å²) in [4.78, 5) is 18.4. The van der Waals surface area contributed by atoms with Crippen LogP contribution < -0.4 is 10.2 Å². The summed E-state index contributed by atoms with van der Waals surface area (Å²) in [6.07, 6.45) is 8.49. The maximum atomic E-state index is 11.9. The molecule has 3 rings (SSSR count). The quantitative estimate of drug-likeness (QED) is 0.767. The van der Waals surface area contributed by atoms with Crippen molar-refractivity contribution < 1.29 is 9.90 Å². The molecule has 1 aliphatic heterocycles. The van der Waals surface area contributed by atoms with Gasteiger partial charge >= 0.3 is 0 Å². The number of aliphatic hydroxyl groups excluding tert-OH is 1. The molecule has 0 radical (unpaired) electrons. The lowest BCUT2D eigenvalue weighted by Gasteiger charge is -2.39. The summed E-state index contributed by atoms with van der Waals surface area (Å²) in [6, 6.07) is 2.49. The molecule has 5 nitrogen and oxygen atoms in total. The minimum absolute atomic E-state index is 0.00394. The zero-order valence-electron chi connectivity index (χ0n) is 14.2. The molecule has 0 spiro atoms. The van der Waals surface area contributed by atoms with Crippen molar-refractivity contribution in [1.82, 2.24) is 10.3 Å². The zero-order chi connectivity index (χ0) is 17.1. The second kappa shape index (κ2) is 7.93. The first kappa shape index (κ1) is 17.8. The van der Waals surface area contributed by atoms with Gasteiger partial charge in [0.1, 0.15) is 5.82 Å². The Morgan fingerprint density at radius 2 is 2.08 bits per heavy atom. The average molecular weight is 396 g/mol. The predicted molar refractivity (Wildman–Crippen MR) is 98.6 cm³/mol. The van der Waals surface area contributed by atoms with E-state index < -0.39 is 6.10 Å². The van der Waals surface area contributed by atoms with Gasteiger partial charge in [0.2, 0.25) is 0 Å². The van der Waals surface area contributed by atoms with E-state index in [0.717, 1.165) is 17.4 Å². The largest absolute Gasteiger partial charge is 0.390 e. The molecule has 1 saturated heterocycles. The zero-order valence-corrected chi connectivity index (χ0v) is 15.8. The van der Waals surface area contributed by atoms with Crippen LogP contribution >= 0.6 is 15.9 Å². The van der Waals surface area contributed by atoms with Gasteiger partial charge in [0.25, 0.3) is 0 Å². The van der Waals surface area contributed by atoms with Crippen molar-refractivity contribution in [3.8, 4) is 0 Å². The Morgan fingerprint density at radius 3 is 2.75 bits per heavy atom. The van der Waals surface area contributed by atoms with Crippen molar-refractivity contribution in [3.05, 3.63) is 22.3 Å². The smallest absolute Gasteiger partial charge is 0.163 e. The highest BCUT2D eigenvalue weighted by Crippen LogP contribution is 2.26. The number of carbonyl (C=O) groups is 1. The normalized spacial score (nSPS) is 25.7. The molecule has 1 saturated carbocycles. The van der Waals surface area contributed by atoms with Crippen LogP contribution in [0, 0.1) is 0 Å². The van der Waals surface area contributed by atoms with Gasteiger partial charge < -0.3 is 15.3 Å². The lowest BCUT2D eigenvalue weighted by Crippen LogP contribution is -2.55. The number of piperidine rings is 1. The molecule has 0 aromatic carbocycles. The summed E-state index contributed by atoms with van der Waals surface area (Å²) in [5, 5.41) is 14.2. The van der Waals surface area contributed by atoms with E-state index in [-0.39, 0.29) is 11.8 Å². The molecule has 2 fully saturated rings. The SMILES string of the molecule is CC(=O)c1cc(Br)cnc1N1CCC(NC2CCCCC2)[C@H](O)C1. The number of aliphatic hydroxyl groups is 1. The lowest BCUT2D eigenvalue weighted by molar-refractivity contribution is 0.0996. The summed E-state index contributed by atoms with van der Waals surface area (Å²) in [7, 11) is 0. The summed E-state index contributed by atoms with van der Waals surface area (Å²) in [6.45, 7) is 2.87. The van der Waals surface area contributed by atoms with Gasteiger partial charge in [-0.3, -0.25) is 4.79 Å². The number of Topliss-reactive ketones (excluding diaryl/α,β-unsaturated/α-hetero) is 1. The molecule has 2 atom stereocenters.